The Labute approximate surface area is 105 Å². The van der Waals surface area contributed by atoms with Crippen LogP contribution in [-0.2, 0) is 12.8 Å². The highest BCUT2D eigenvalue weighted by molar-refractivity contribution is 5.88. The third kappa shape index (κ3) is 2.68. The van der Waals surface area contributed by atoms with Crippen LogP contribution in [0.25, 0.3) is 0 Å². The zero-order valence-corrected chi connectivity index (χ0v) is 10.00. The van der Waals surface area contributed by atoms with E-state index in [-0.39, 0.29) is 5.56 Å². The molecule has 0 radical (unpaired) electrons. The zero-order chi connectivity index (χ0) is 13.0. The highest BCUT2D eigenvalue weighted by Crippen LogP contribution is 2.09. The highest BCUT2D eigenvalue weighted by Gasteiger charge is 2.12. The average Bonchev–Trinajstić information content (AvgIpc) is 2.39. The summed E-state index contributed by atoms with van der Waals surface area (Å²) >= 11 is 0. The fourth-order valence-corrected chi connectivity index (χ4v) is 1.67. The molecule has 0 unspecified atom stereocenters. The number of carbonyl (C=O) groups is 1. The van der Waals surface area contributed by atoms with Crippen LogP contribution < -0.4 is 0 Å². The van der Waals surface area contributed by atoms with Crippen molar-refractivity contribution in [3.8, 4) is 0 Å². The van der Waals surface area contributed by atoms with Crippen molar-refractivity contribution in [1.82, 2.24) is 15.0 Å². The van der Waals surface area contributed by atoms with Gasteiger partial charge in [0.2, 0.25) is 0 Å². The molecular weight excluding hydrogens is 230 g/mol. The normalized spacial score (nSPS) is 10.3. The first kappa shape index (κ1) is 12.2. The SMILES string of the molecule is CCc1nc(Cc2ccncc2)ncc1C(=O)O. The Morgan fingerprint density at radius 2 is 2.06 bits per heavy atom. The fraction of sp³-hybridized carbons (Fsp3) is 0.231. The number of pyridine rings is 1. The first-order valence-corrected chi connectivity index (χ1v) is 5.67. The van der Waals surface area contributed by atoms with Crippen LogP contribution in [0.4, 0.5) is 0 Å². The van der Waals surface area contributed by atoms with Crippen molar-refractivity contribution in [2.75, 3.05) is 0 Å². The lowest BCUT2D eigenvalue weighted by atomic mass is 10.1. The number of aromatic carboxylic acids is 1. The number of nitrogens with zero attached hydrogens (tertiary/aromatic N) is 3. The lowest BCUT2D eigenvalue weighted by Crippen LogP contribution is -2.08. The standard InChI is InChI=1S/C13H13N3O2/c1-2-11-10(13(17)18)8-15-12(16-11)7-9-3-5-14-6-4-9/h3-6,8H,2,7H2,1H3,(H,17,18). The van der Waals surface area contributed by atoms with Crippen LogP contribution in [0.3, 0.4) is 0 Å². The Hall–Kier alpha value is -2.30. The Kier molecular flexibility index (Phi) is 3.62. The van der Waals surface area contributed by atoms with Gasteiger partial charge in [0.25, 0.3) is 0 Å². The molecule has 0 aliphatic heterocycles. The van der Waals surface area contributed by atoms with Gasteiger partial charge in [-0.25, -0.2) is 14.8 Å². The summed E-state index contributed by atoms with van der Waals surface area (Å²) < 4.78 is 0. The first-order chi connectivity index (χ1) is 8.70. The summed E-state index contributed by atoms with van der Waals surface area (Å²) in [5, 5.41) is 8.99. The second kappa shape index (κ2) is 5.35. The summed E-state index contributed by atoms with van der Waals surface area (Å²) in [6.07, 6.45) is 5.96. The van der Waals surface area contributed by atoms with Gasteiger partial charge in [0.1, 0.15) is 5.82 Å². The topological polar surface area (TPSA) is 76.0 Å². The highest BCUT2D eigenvalue weighted by atomic mass is 16.4. The molecule has 2 heterocycles. The molecule has 18 heavy (non-hydrogen) atoms. The van der Waals surface area contributed by atoms with Gasteiger partial charge in [0, 0.05) is 25.0 Å². The van der Waals surface area contributed by atoms with E-state index < -0.39 is 5.97 Å². The fourth-order valence-electron chi connectivity index (χ4n) is 1.67. The van der Waals surface area contributed by atoms with Crippen LogP contribution >= 0.6 is 0 Å². The van der Waals surface area contributed by atoms with Gasteiger partial charge in [-0.15, -0.1) is 0 Å². The van der Waals surface area contributed by atoms with Crippen LogP contribution in [0, 0.1) is 0 Å². The molecule has 0 aromatic carbocycles. The summed E-state index contributed by atoms with van der Waals surface area (Å²) in [5.74, 6) is -0.356. The molecule has 1 N–H and O–H groups in total. The van der Waals surface area contributed by atoms with Crippen molar-refractivity contribution in [2.24, 2.45) is 0 Å². The van der Waals surface area contributed by atoms with Crippen molar-refractivity contribution in [2.45, 2.75) is 19.8 Å². The Bertz CT molecular complexity index is 555. The number of aromatic nitrogens is 3. The van der Waals surface area contributed by atoms with Gasteiger partial charge in [-0.3, -0.25) is 4.98 Å². The van der Waals surface area contributed by atoms with E-state index in [4.69, 9.17) is 5.11 Å². The monoisotopic (exact) mass is 243 g/mol. The molecule has 0 atom stereocenters. The van der Waals surface area contributed by atoms with Crippen LogP contribution in [0.1, 0.15) is 34.4 Å². The minimum absolute atomic E-state index is 0.177. The predicted molar refractivity (Wildman–Crippen MR) is 65.4 cm³/mol. The van der Waals surface area contributed by atoms with E-state index in [2.05, 4.69) is 15.0 Å². The van der Waals surface area contributed by atoms with Crippen molar-refractivity contribution >= 4 is 5.97 Å². The summed E-state index contributed by atoms with van der Waals surface area (Å²) in [7, 11) is 0. The number of hydrogen-bond donors (Lipinski definition) is 1. The molecule has 0 aliphatic rings. The third-order valence-electron chi connectivity index (χ3n) is 2.59. The molecule has 0 saturated carbocycles. The molecule has 0 amide bonds. The average molecular weight is 243 g/mol. The van der Waals surface area contributed by atoms with Crippen LogP contribution in [-0.4, -0.2) is 26.0 Å². The minimum Gasteiger partial charge on any atom is -0.478 e. The maximum absolute atomic E-state index is 11.0. The molecule has 0 bridgehead atoms. The van der Waals surface area contributed by atoms with Crippen LogP contribution in [0.2, 0.25) is 0 Å². The molecule has 2 rings (SSSR count). The number of aryl methyl sites for hydroxylation is 1. The molecule has 2 aromatic rings. The molecule has 0 spiro atoms. The van der Waals surface area contributed by atoms with E-state index in [1.54, 1.807) is 12.4 Å². The maximum Gasteiger partial charge on any atom is 0.339 e. The molecule has 0 aliphatic carbocycles. The van der Waals surface area contributed by atoms with E-state index in [1.807, 2.05) is 19.1 Å². The minimum atomic E-state index is -0.984. The van der Waals surface area contributed by atoms with E-state index in [9.17, 15) is 4.79 Å². The quantitative estimate of drug-likeness (QED) is 0.884. The molecular formula is C13H13N3O2. The second-order valence-electron chi connectivity index (χ2n) is 3.84. The summed E-state index contributed by atoms with van der Waals surface area (Å²) in [5.41, 5.74) is 1.80. The molecule has 5 heteroatoms. The van der Waals surface area contributed by atoms with Crippen molar-refractivity contribution in [3.63, 3.8) is 0 Å². The van der Waals surface area contributed by atoms with E-state index in [0.717, 1.165) is 5.56 Å². The number of carboxylic acid groups (broad SMARTS) is 1. The molecule has 5 nitrogen and oxygen atoms in total. The number of hydrogen-bond acceptors (Lipinski definition) is 4. The van der Waals surface area contributed by atoms with Crippen LogP contribution in [0.15, 0.2) is 30.7 Å². The van der Waals surface area contributed by atoms with Gasteiger partial charge in [-0.05, 0) is 24.1 Å². The Morgan fingerprint density at radius 3 is 2.67 bits per heavy atom. The summed E-state index contributed by atoms with van der Waals surface area (Å²) in [4.78, 5) is 23.3. The van der Waals surface area contributed by atoms with E-state index in [0.29, 0.717) is 24.4 Å². The second-order valence-corrected chi connectivity index (χ2v) is 3.84. The first-order valence-electron chi connectivity index (χ1n) is 5.67. The van der Waals surface area contributed by atoms with Gasteiger partial charge in [-0.2, -0.15) is 0 Å². The van der Waals surface area contributed by atoms with Gasteiger partial charge < -0.3 is 5.11 Å². The molecule has 0 fully saturated rings. The van der Waals surface area contributed by atoms with Gasteiger partial charge >= 0.3 is 5.97 Å². The Balaban J connectivity index is 2.28. The zero-order valence-electron chi connectivity index (χ0n) is 10.00. The third-order valence-corrected chi connectivity index (χ3v) is 2.59. The van der Waals surface area contributed by atoms with Gasteiger partial charge in [0.15, 0.2) is 0 Å². The smallest absolute Gasteiger partial charge is 0.339 e. The number of carboxylic acids is 1. The van der Waals surface area contributed by atoms with Crippen molar-refractivity contribution < 1.29 is 9.90 Å². The van der Waals surface area contributed by atoms with E-state index in [1.165, 1.54) is 6.20 Å². The summed E-state index contributed by atoms with van der Waals surface area (Å²) in [6, 6.07) is 3.78. The predicted octanol–water partition coefficient (Wildman–Crippen LogP) is 1.72. The maximum atomic E-state index is 11.0. The lowest BCUT2D eigenvalue weighted by Gasteiger charge is -2.05. The van der Waals surface area contributed by atoms with Crippen molar-refractivity contribution in [1.29, 1.82) is 0 Å². The molecule has 0 saturated heterocycles. The van der Waals surface area contributed by atoms with Crippen LogP contribution in [0.5, 0.6) is 0 Å². The Morgan fingerprint density at radius 1 is 1.33 bits per heavy atom. The summed E-state index contributed by atoms with van der Waals surface area (Å²) in [6.45, 7) is 1.88. The molecule has 92 valence electrons. The largest absolute Gasteiger partial charge is 0.478 e. The van der Waals surface area contributed by atoms with E-state index >= 15 is 0 Å². The molecule has 2 aromatic heterocycles. The van der Waals surface area contributed by atoms with Crippen molar-refractivity contribution in [3.05, 3.63) is 53.4 Å². The lowest BCUT2D eigenvalue weighted by molar-refractivity contribution is 0.0694. The van der Waals surface area contributed by atoms with Gasteiger partial charge in [-0.1, -0.05) is 6.92 Å². The van der Waals surface area contributed by atoms with Gasteiger partial charge in [0.05, 0.1) is 11.3 Å². The number of rotatable bonds is 4.